The van der Waals surface area contributed by atoms with Crippen molar-refractivity contribution in [3.63, 3.8) is 0 Å². The quantitative estimate of drug-likeness (QED) is 0.780. The minimum Gasteiger partial charge on any atom is -0.478 e. The number of hydrogen-bond acceptors (Lipinski definition) is 2. The molecule has 0 bridgehead atoms. The van der Waals surface area contributed by atoms with Gasteiger partial charge in [-0.3, -0.25) is 0 Å². The van der Waals surface area contributed by atoms with Crippen LogP contribution < -0.4 is 4.74 Å². The number of benzene rings is 2. The molecule has 3 nitrogen and oxygen atoms in total. The molecule has 0 spiro atoms. The summed E-state index contributed by atoms with van der Waals surface area (Å²) in [5, 5.41) is 9.26. The summed E-state index contributed by atoms with van der Waals surface area (Å²) in [5.74, 6) is 0.434. The first-order chi connectivity index (χ1) is 10.0. The van der Waals surface area contributed by atoms with Crippen LogP contribution in [0.1, 0.15) is 42.1 Å². The van der Waals surface area contributed by atoms with E-state index in [4.69, 9.17) is 4.74 Å². The van der Waals surface area contributed by atoms with Crippen molar-refractivity contribution >= 4 is 21.9 Å². The monoisotopic (exact) mass is 348 g/mol. The summed E-state index contributed by atoms with van der Waals surface area (Å²) in [6, 6.07) is 12.9. The topological polar surface area (TPSA) is 46.5 Å². The summed E-state index contributed by atoms with van der Waals surface area (Å²) in [5.41, 5.74) is 1.38. The van der Waals surface area contributed by atoms with Gasteiger partial charge in [0.05, 0.1) is 0 Å². The van der Waals surface area contributed by atoms with E-state index in [-0.39, 0.29) is 5.56 Å². The molecule has 0 aromatic heterocycles. The number of aromatic carboxylic acids is 1. The Morgan fingerprint density at radius 3 is 2.48 bits per heavy atom. The van der Waals surface area contributed by atoms with E-state index in [1.165, 1.54) is 5.56 Å². The first kappa shape index (κ1) is 15.6. The molecule has 21 heavy (non-hydrogen) atoms. The molecule has 0 aliphatic rings. The molecule has 2 rings (SSSR count). The Balaban J connectivity index is 2.27. The molecule has 2 aromatic rings. The van der Waals surface area contributed by atoms with Gasteiger partial charge in [0, 0.05) is 4.47 Å². The molecule has 1 unspecified atom stereocenters. The Labute approximate surface area is 132 Å². The summed E-state index contributed by atoms with van der Waals surface area (Å²) in [6.07, 6.45) is 1.08. The Morgan fingerprint density at radius 1 is 1.24 bits per heavy atom. The molecule has 0 amide bonds. The maximum absolute atomic E-state index is 11.3. The standard InChI is InChI=1S/C17H17BrO3/c1-3-11(2)12-7-9-13(10-8-12)21-15-6-4-5-14(18)16(15)17(19)20/h4-11H,3H2,1-2H3,(H,19,20). The van der Waals surface area contributed by atoms with Crippen LogP contribution in [0, 0.1) is 0 Å². The maximum atomic E-state index is 11.3. The fourth-order valence-corrected chi connectivity index (χ4v) is 2.54. The van der Waals surface area contributed by atoms with Crippen LogP contribution in [0.5, 0.6) is 11.5 Å². The SMILES string of the molecule is CCC(C)c1ccc(Oc2cccc(Br)c2C(=O)O)cc1. The summed E-state index contributed by atoms with van der Waals surface area (Å²) in [7, 11) is 0. The van der Waals surface area contributed by atoms with Crippen LogP contribution in [-0.2, 0) is 0 Å². The van der Waals surface area contributed by atoms with Gasteiger partial charge in [-0.1, -0.05) is 32.0 Å². The second-order valence-electron chi connectivity index (χ2n) is 4.90. The van der Waals surface area contributed by atoms with Crippen LogP contribution in [0.25, 0.3) is 0 Å². The molecule has 0 saturated carbocycles. The molecule has 4 heteroatoms. The zero-order chi connectivity index (χ0) is 15.4. The lowest BCUT2D eigenvalue weighted by molar-refractivity contribution is 0.0693. The summed E-state index contributed by atoms with van der Waals surface area (Å²) >= 11 is 3.24. The van der Waals surface area contributed by atoms with Crippen LogP contribution in [0.15, 0.2) is 46.9 Å². The summed E-state index contributed by atoms with van der Waals surface area (Å²) in [6.45, 7) is 4.32. The van der Waals surface area contributed by atoms with Crippen molar-refractivity contribution in [2.45, 2.75) is 26.2 Å². The highest BCUT2D eigenvalue weighted by atomic mass is 79.9. The van der Waals surface area contributed by atoms with E-state index in [0.717, 1.165) is 6.42 Å². The van der Waals surface area contributed by atoms with Crippen molar-refractivity contribution in [3.8, 4) is 11.5 Å². The van der Waals surface area contributed by atoms with Gasteiger partial charge < -0.3 is 9.84 Å². The van der Waals surface area contributed by atoms with Crippen LogP contribution in [0.3, 0.4) is 0 Å². The third-order valence-electron chi connectivity index (χ3n) is 3.48. The van der Waals surface area contributed by atoms with Crippen molar-refractivity contribution in [3.05, 3.63) is 58.1 Å². The lowest BCUT2D eigenvalue weighted by atomic mass is 9.99. The van der Waals surface area contributed by atoms with E-state index in [0.29, 0.717) is 21.9 Å². The average molecular weight is 349 g/mol. The largest absolute Gasteiger partial charge is 0.478 e. The number of halogens is 1. The second-order valence-corrected chi connectivity index (χ2v) is 5.75. The maximum Gasteiger partial charge on any atom is 0.340 e. The zero-order valence-electron chi connectivity index (χ0n) is 12.0. The van der Waals surface area contributed by atoms with Crippen LogP contribution >= 0.6 is 15.9 Å². The van der Waals surface area contributed by atoms with Crippen molar-refractivity contribution in [1.82, 2.24) is 0 Å². The fraction of sp³-hybridized carbons (Fsp3) is 0.235. The van der Waals surface area contributed by atoms with Crippen LogP contribution in [0.4, 0.5) is 0 Å². The van der Waals surface area contributed by atoms with Gasteiger partial charge in [-0.2, -0.15) is 0 Å². The molecular weight excluding hydrogens is 332 g/mol. The second kappa shape index (κ2) is 6.76. The molecule has 110 valence electrons. The smallest absolute Gasteiger partial charge is 0.340 e. The van der Waals surface area contributed by atoms with Crippen molar-refractivity contribution in [2.24, 2.45) is 0 Å². The van der Waals surface area contributed by atoms with Gasteiger partial charge in [-0.05, 0) is 58.1 Å². The zero-order valence-corrected chi connectivity index (χ0v) is 13.6. The first-order valence-corrected chi connectivity index (χ1v) is 7.61. The van der Waals surface area contributed by atoms with Crippen molar-refractivity contribution in [1.29, 1.82) is 0 Å². The molecule has 0 fully saturated rings. The Hall–Kier alpha value is -1.81. The molecule has 1 N–H and O–H groups in total. The van der Waals surface area contributed by atoms with E-state index in [1.807, 2.05) is 24.3 Å². The number of ether oxygens (including phenoxy) is 1. The predicted octanol–water partition coefficient (Wildman–Crippen LogP) is 5.45. The summed E-state index contributed by atoms with van der Waals surface area (Å²) in [4.78, 5) is 11.3. The van der Waals surface area contributed by atoms with Crippen LogP contribution in [0.2, 0.25) is 0 Å². The van der Waals surface area contributed by atoms with Gasteiger partial charge >= 0.3 is 5.97 Å². The molecule has 0 heterocycles. The van der Waals surface area contributed by atoms with E-state index >= 15 is 0 Å². The number of rotatable bonds is 5. The lowest BCUT2D eigenvalue weighted by Gasteiger charge is -2.12. The van der Waals surface area contributed by atoms with Crippen LogP contribution in [-0.4, -0.2) is 11.1 Å². The average Bonchev–Trinajstić information content (AvgIpc) is 2.47. The first-order valence-electron chi connectivity index (χ1n) is 6.82. The third kappa shape index (κ3) is 3.64. The highest BCUT2D eigenvalue weighted by Crippen LogP contribution is 2.31. The number of carboxylic acids is 1. The van der Waals surface area contributed by atoms with Crippen molar-refractivity contribution in [2.75, 3.05) is 0 Å². The highest BCUT2D eigenvalue weighted by molar-refractivity contribution is 9.10. The normalized spacial score (nSPS) is 12.0. The molecule has 1 atom stereocenters. The van der Waals surface area contributed by atoms with Gasteiger partial charge in [-0.25, -0.2) is 4.79 Å². The highest BCUT2D eigenvalue weighted by Gasteiger charge is 2.15. The summed E-state index contributed by atoms with van der Waals surface area (Å²) < 4.78 is 6.21. The number of carboxylic acid groups (broad SMARTS) is 1. The fourth-order valence-electron chi connectivity index (χ4n) is 2.02. The van der Waals surface area contributed by atoms with Gasteiger partial charge in [0.1, 0.15) is 17.1 Å². The van der Waals surface area contributed by atoms with E-state index < -0.39 is 5.97 Å². The minimum absolute atomic E-state index is 0.128. The van der Waals surface area contributed by atoms with Gasteiger partial charge in [-0.15, -0.1) is 0 Å². The Kier molecular flexibility index (Phi) is 5.02. The molecule has 0 radical (unpaired) electrons. The van der Waals surface area contributed by atoms with Gasteiger partial charge in [0.2, 0.25) is 0 Å². The number of hydrogen-bond donors (Lipinski definition) is 1. The lowest BCUT2D eigenvalue weighted by Crippen LogP contribution is -2.01. The van der Waals surface area contributed by atoms with Gasteiger partial charge in [0.25, 0.3) is 0 Å². The molecule has 0 aliphatic heterocycles. The molecular formula is C17H17BrO3. The van der Waals surface area contributed by atoms with E-state index in [1.54, 1.807) is 18.2 Å². The molecule has 0 aliphatic carbocycles. The predicted molar refractivity (Wildman–Crippen MR) is 86.3 cm³/mol. The van der Waals surface area contributed by atoms with Crippen molar-refractivity contribution < 1.29 is 14.6 Å². The van der Waals surface area contributed by atoms with E-state index in [9.17, 15) is 9.90 Å². The minimum atomic E-state index is -1.02. The molecule has 0 saturated heterocycles. The third-order valence-corrected chi connectivity index (χ3v) is 4.14. The van der Waals surface area contributed by atoms with E-state index in [2.05, 4.69) is 29.8 Å². The Morgan fingerprint density at radius 2 is 1.90 bits per heavy atom. The van der Waals surface area contributed by atoms with Gasteiger partial charge in [0.15, 0.2) is 0 Å². The molecule has 2 aromatic carbocycles. The Bertz CT molecular complexity index is 635. The number of carbonyl (C=O) groups is 1.